The first-order valence-electron chi connectivity index (χ1n) is 10.6. The van der Waals surface area contributed by atoms with E-state index in [1.165, 1.54) is 6.92 Å². The Hall–Kier alpha value is -1.31. The number of hydrogen-bond donors (Lipinski definition) is 3. The van der Waals surface area contributed by atoms with E-state index in [4.69, 9.17) is 5.73 Å². The molecule has 28 heavy (non-hydrogen) atoms. The Kier molecular flexibility index (Phi) is 10.3. The van der Waals surface area contributed by atoms with Crippen LogP contribution in [0.25, 0.3) is 0 Å². The summed E-state index contributed by atoms with van der Waals surface area (Å²) in [5.41, 5.74) is 5.65. The van der Waals surface area contributed by atoms with Gasteiger partial charge in [0.25, 0.3) is 0 Å². The van der Waals surface area contributed by atoms with Gasteiger partial charge >= 0.3 is 0 Å². The molecule has 1 rings (SSSR count). The van der Waals surface area contributed by atoms with Gasteiger partial charge in [-0.25, -0.2) is 0 Å². The second-order valence-electron chi connectivity index (χ2n) is 8.77. The number of nitrogens with zero attached hydrogens (tertiary/aromatic N) is 1. The third-order valence-corrected chi connectivity index (χ3v) is 5.39. The predicted octanol–water partition coefficient (Wildman–Crippen LogP) is 1.12. The Balaban J connectivity index is 2.83. The Labute approximate surface area is 169 Å². The molecule has 0 aromatic heterocycles. The summed E-state index contributed by atoms with van der Waals surface area (Å²) in [6.07, 6.45) is 1.84. The maximum Gasteiger partial charge on any atom is 0.226 e. The molecule has 0 radical (unpaired) electrons. The summed E-state index contributed by atoms with van der Waals surface area (Å²) in [7, 11) is 0. The fraction of sp³-hybridized carbons (Fsp3) is 0.857. The zero-order chi connectivity index (χ0) is 21.4. The summed E-state index contributed by atoms with van der Waals surface area (Å²) in [5.74, 6) is -1.34. The normalized spacial score (nSPS) is 21.4. The molecule has 7 heteroatoms. The van der Waals surface area contributed by atoms with Crippen LogP contribution in [-0.4, -0.2) is 65.3 Å². The van der Waals surface area contributed by atoms with Crippen LogP contribution in [0.5, 0.6) is 0 Å². The van der Waals surface area contributed by atoms with Crippen LogP contribution in [-0.2, 0) is 14.4 Å². The summed E-state index contributed by atoms with van der Waals surface area (Å²) >= 11 is 0. The molecule has 0 unspecified atom stereocenters. The van der Waals surface area contributed by atoms with Crippen molar-refractivity contribution in [3.05, 3.63) is 0 Å². The minimum absolute atomic E-state index is 0.00593. The Bertz CT molecular complexity index is 534. The van der Waals surface area contributed by atoms with Crippen LogP contribution < -0.4 is 11.1 Å². The number of carbonyl (C=O) groups is 3. The second kappa shape index (κ2) is 11.6. The van der Waals surface area contributed by atoms with E-state index >= 15 is 0 Å². The summed E-state index contributed by atoms with van der Waals surface area (Å²) < 4.78 is 0. The van der Waals surface area contributed by atoms with Crippen LogP contribution in [0.4, 0.5) is 0 Å². The largest absolute Gasteiger partial charge is 0.393 e. The molecule has 0 bridgehead atoms. The van der Waals surface area contributed by atoms with Crippen molar-refractivity contribution < 1.29 is 19.5 Å². The van der Waals surface area contributed by atoms with E-state index in [0.717, 1.165) is 32.4 Å². The highest BCUT2D eigenvalue weighted by molar-refractivity contribution is 5.94. The molecule has 0 spiro atoms. The third kappa shape index (κ3) is 7.26. The average Bonchev–Trinajstić information content (AvgIpc) is 2.62. The van der Waals surface area contributed by atoms with Gasteiger partial charge in [-0.05, 0) is 32.2 Å². The lowest BCUT2D eigenvalue weighted by molar-refractivity contribution is -0.137. The van der Waals surface area contributed by atoms with E-state index in [0.29, 0.717) is 5.92 Å². The molecule has 1 heterocycles. The maximum atomic E-state index is 13.0. The number of hydrogen-bond acceptors (Lipinski definition) is 6. The number of aliphatic hydroxyl groups excluding tert-OH is 1. The van der Waals surface area contributed by atoms with Gasteiger partial charge in [0, 0.05) is 25.4 Å². The maximum absolute atomic E-state index is 13.0. The molecular weight excluding hydrogens is 358 g/mol. The van der Waals surface area contributed by atoms with Crippen LogP contribution in [0.2, 0.25) is 0 Å². The van der Waals surface area contributed by atoms with Gasteiger partial charge in [-0.2, -0.15) is 0 Å². The van der Waals surface area contributed by atoms with Crippen LogP contribution in [0.3, 0.4) is 0 Å². The average molecular weight is 398 g/mol. The van der Waals surface area contributed by atoms with Gasteiger partial charge in [-0.1, -0.05) is 34.1 Å². The highest BCUT2D eigenvalue weighted by Gasteiger charge is 2.35. The zero-order valence-electron chi connectivity index (χ0n) is 18.1. The molecule has 1 aliphatic rings. The van der Waals surface area contributed by atoms with Crippen molar-refractivity contribution in [2.45, 2.75) is 78.5 Å². The molecule has 1 amide bonds. The van der Waals surface area contributed by atoms with E-state index in [2.05, 4.69) is 24.1 Å². The first-order chi connectivity index (χ1) is 13.1. The van der Waals surface area contributed by atoms with Gasteiger partial charge in [-0.15, -0.1) is 0 Å². The molecule has 162 valence electrons. The fourth-order valence-corrected chi connectivity index (χ4v) is 3.81. The molecule has 0 aromatic carbocycles. The standard InChI is InChI=1S/C21H39N3O4/c1-13(2)12-24-9-7-6-8-18(24)19(26)10-16(15(5)25)21(28)23-17(11-22)20(27)14(3)4/h13-18,25H,6-12,22H2,1-5H3,(H,23,28)/t15-,16-,17-,18-/m0/s1. The molecule has 4 atom stereocenters. The van der Waals surface area contributed by atoms with Crippen molar-refractivity contribution in [2.24, 2.45) is 23.5 Å². The zero-order valence-corrected chi connectivity index (χ0v) is 18.1. The smallest absolute Gasteiger partial charge is 0.226 e. The van der Waals surface area contributed by atoms with E-state index in [-0.39, 0.29) is 36.5 Å². The predicted molar refractivity (Wildman–Crippen MR) is 110 cm³/mol. The van der Waals surface area contributed by atoms with Crippen molar-refractivity contribution in [2.75, 3.05) is 19.6 Å². The number of carbonyl (C=O) groups excluding carboxylic acids is 3. The van der Waals surface area contributed by atoms with Crippen LogP contribution in [0, 0.1) is 17.8 Å². The van der Waals surface area contributed by atoms with Gasteiger partial charge < -0.3 is 16.2 Å². The van der Waals surface area contributed by atoms with Crippen molar-refractivity contribution in [1.29, 1.82) is 0 Å². The van der Waals surface area contributed by atoms with Gasteiger partial charge in [-0.3, -0.25) is 19.3 Å². The monoisotopic (exact) mass is 397 g/mol. The number of likely N-dealkylation sites (tertiary alicyclic amines) is 1. The molecular formula is C21H39N3O4. The minimum Gasteiger partial charge on any atom is -0.393 e. The lowest BCUT2D eigenvalue weighted by Gasteiger charge is -2.36. The summed E-state index contributed by atoms with van der Waals surface area (Å²) in [5, 5.41) is 12.8. The molecule has 1 aliphatic heterocycles. The van der Waals surface area contributed by atoms with Crippen molar-refractivity contribution in [1.82, 2.24) is 10.2 Å². The molecule has 0 aromatic rings. The first kappa shape index (κ1) is 24.7. The highest BCUT2D eigenvalue weighted by atomic mass is 16.3. The lowest BCUT2D eigenvalue weighted by atomic mass is 9.88. The summed E-state index contributed by atoms with van der Waals surface area (Å²) in [4.78, 5) is 40.1. The molecule has 0 saturated carbocycles. The van der Waals surface area contributed by atoms with Gasteiger partial charge in [0.2, 0.25) is 5.91 Å². The van der Waals surface area contributed by atoms with Crippen LogP contribution >= 0.6 is 0 Å². The first-order valence-corrected chi connectivity index (χ1v) is 10.6. The lowest BCUT2D eigenvalue weighted by Crippen LogP contribution is -2.52. The van der Waals surface area contributed by atoms with E-state index < -0.39 is 24.0 Å². The van der Waals surface area contributed by atoms with Crippen molar-refractivity contribution >= 4 is 17.5 Å². The Morgan fingerprint density at radius 2 is 1.79 bits per heavy atom. The van der Waals surface area contributed by atoms with Gasteiger partial charge in [0.1, 0.15) is 0 Å². The number of rotatable bonds is 11. The number of Topliss-reactive ketones (excluding diaryl/α,β-unsaturated/α-hetero) is 2. The number of nitrogens with two attached hydrogens (primary N) is 1. The Morgan fingerprint density at radius 3 is 2.29 bits per heavy atom. The second-order valence-corrected chi connectivity index (χ2v) is 8.77. The number of nitrogens with one attached hydrogen (secondary N) is 1. The van der Waals surface area contributed by atoms with Crippen molar-refractivity contribution in [3.8, 4) is 0 Å². The molecule has 4 N–H and O–H groups in total. The summed E-state index contributed by atoms with van der Waals surface area (Å²) in [6, 6.07) is -0.997. The number of ketones is 2. The highest BCUT2D eigenvalue weighted by Crippen LogP contribution is 2.23. The minimum atomic E-state index is -0.987. The number of aliphatic hydroxyl groups is 1. The molecule has 0 aliphatic carbocycles. The quantitative estimate of drug-likeness (QED) is 0.482. The third-order valence-electron chi connectivity index (χ3n) is 5.39. The van der Waals surface area contributed by atoms with Crippen LogP contribution in [0.1, 0.15) is 60.3 Å². The molecule has 1 fully saturated rings. The SMILES string of the molecule is CC(C)CN1CCCC[C@H]1C(=O)C[C@H](C(=O)N[C@@H](CN)C(=O)C(C)C)[C@H](C)O. The van der Waals surface area contributed by atoms with Crippen molar-refractivity contribution in [3.63, 3.8) is 0 Å². The van der Waals surface area contributed by atoms with Gasteiger partial charge in [0.15, 0.2) is 11.6 Å². The number of amides is 1. The van der Waals surface area contributed by atoms with E-state index in [1.54, 1.807) is 13.8 Å². The molecule has 1 saturated heterocycles. The van der Waals surface area contributed by atoms with Crippen LogP contribution in [0.15, 0.2) is 0 Å². The van der Waals surface area contributed by atoms with E-state index in [1.807, 2.05) is 0 Å². The summed E-state index contributed by atoms with van der Waals surface area (Å²) in [6.45, 7) is 11.0. The number of piperidine rings is 1. The van der Waals surface area contributed by atoms with E-state index in [9.17, 15) is 19.5 Å². The fourth-order valence-electron chi connectivity index (χ4n) is 3.81. The molecule has 7 nitrogen and oxygen atoms in total. The van der Waals surface area contributed by atoms with Gasteiger partial charge in [0.05, 0.1) is 24.1 Å². The topological polar surface area (TPSA) is 113 Å². The Morgan fingerprint density at radius 1 is 1.14 bits per heavy atom.